The molecule has 5 rings (SSSR count). The molecule has 196 valence electrons. The highest BCUT2D eigenvalue weighted by Gasteiger charge is 2.44. The van der Waals surface area contributed by atoms with Gasteiger partial charge in [0.2, 0.25) is 5.78 Å². The second-order valence-corrected chi connectivity index (χ2v) is 9.06. The smallest absolute Gasteiger partial charge is 0.290 e. The summed E-state index contributed by atoms with van der Waals surface area (Å²) in [5, 5.41) is 11.7. The lowest BCUT2D eigenvalue weighted by Crippen LogP contribution is -2.32. The zero-order chi connectivity index (χ0) is 26.6. The summed E-state index contributed by atoms with van der Waals surface area (Å²) in [6.07, 6.45) is 6.68. The second-order valence-electron chi connectivity index (χ2n) is 9.06. The Hall–Kier alpha value is -4.53. The minimum Gasteiger partial charge on any atom is -0.503 e. The highest BCUT2D eigenvalue weighted by Crippen LogP contribution is 2.41. The first-order valence-corrected chi connectivity index (χ1v) is 12.6. The van der Waals surface area contributed by atoms with Crippen LogP contribution in [0, 0.1) is 0 Å². The number of carbonyl (C=O) groups is 2. The van der Waals surface area contributed by atoms with Crippen molar-refractivity contribution >= 4 is 22.7 Å². The molecule has 9 nitrogen and oxygen atoms in total. The lowest BCUT2D eigenvalue weighted by molar-refractivity contribution is -0.129. The molecular weight excluding hydrogens is 486 g/mol. The summed E-state index contributed by atoms with van der Waals surface area (Å²) < 4.78 is 19.0. The summed E-state index contributed by atoms with van der Waals surface area (Å²) >= 11 is 0. The first kappa shape index (κ1) is 25.1. The van der Waals surface area contributed by atoms with Gasteiger partial charge in [-0.2, -0.15) is 0 Å². The lowest BCUT2D eigenvalue weighted by Gasteiger charge is -2.27. The second kappa shape index (κ2) is 10.8. The quantitative estimate of drug-likeness (QED) is 0.277. The van der Waals surface area contributed by atoms with E-state index >= 15 is 0 Å². The first-order chi connectivity index (χ1) is 18.5. The molecule has 1 unspecified atom stereocenters. The number of hydrogen-bond donors (Lipinski definition) is 1. The van der Waals surface area contributed by atoms with E-state index in [2.05, 4.69) is 4.98 Å². The zero-order valence-electron chi connectivity index (χ0n) is 21.3. The number of rotatable bonds is 11. The number of furan rings is 1. The molecule has 0 radical (unpaired) electrons. The average molecular weight is 516 g/mol. The number of para-hydroxylation sites is 1. The van der Waals surface area contributed by atoms with Gasteiger partial charge in [-0.1, -0.05) is 31.2 Å². The normalized spacial score (nSPS) is 15.5. The van der Waals surface area contributed by atoms with Crippen molar-refractivity contribution in [2.75, 3.05) is 20.3 Å². The van der Waals surface area contributed by atoms with Crippen LogP contribution in [0.5, 0.6) is 11.5 Å². The fraction of sp³-hybridized carbons (Fsp3) is 0.276. The largest absolute Gasteiger partial charge is 0.503 e. The Morgan fingerprint density at radius 3 is 2.76 bits per heavy atom. The molecule has 1 aliphatic rings. The van der Waals surface area contributed by atoms with Crippen LogP contribution in [0.15, 0.2) is 83.0 Å². The van der Waals surface area contributed by atoms with Gasteiger partial charge in [0.05, 0.1) is 31.7 Å². The van der Waals surface area contributed by atoms with E-state index in [0.29, 0.717) is 54.1 Å². The van der Waals surface area contributed by atoms with E-state index in [1.807, 2.05) is 42.0 Å². The number of aliphatic hydroxyl groups is 1. The number of methoxy groups -OCH3 is 1. The van der Waals surface area contributed by atoms with E-state index in [-0.39, 0.29) is 11.3 Å². The molecule has 1 amide bonds. The Bertz CT molecular complexity index is 1490. The highest BCUT2D eigenvalue weighted by molar-refractivity contribution is 6.16. The fourth-order valence-electron chi connectivity index (χ4n) is 4.74. The molecule has 2 aromatic carbocycles. The molecule has 0 aliphatic carbocycles. The van der Waals surface area contributed by atoms with E-state index in [4.69, 9.17) is 13.9 Å². The Morgan fingerprint density at radius 2 is 2.00 bits per heavy atom. The molecular formula is C29H29N3O6. The van der Waals surface area contributed by atoms with Crippen LogP contribution >= 0.6 is 0 Å². The van der Waals surface area contributed by atoms with E-state index in [1.165, 1.54) is 12.0 Å². The van der Waals surface area contributed by atoms with Crippen LogP contribution in [0.25, 0.3) is 11.0 Å². The summed E-state index contributed by atoms with van der Waals surface area (Å²) in [6, 6.07) is 13.4. The van der Waals surface area contributed by atoms with Gasteiger partial charge in [0.25, 0.3) is 5.91 Å². The summed E-state index contributed by atoms with van der Waals surface area (Å²) in [6.45, 7) is 3.50. The number of fused-ring (bicyclic) bond motifs is 1. The van der Waals surface area contributed by atoms with Gasteiger partial charge < -0.3 is 28.5 Å². The van der Waals surface area contributed by atoms with E-state index in [9.17, 15) is 14.7 Å². The molecule has 0 bridgehead atoms. The number of amides is 1. The maximum absolute atomic E-state index is 13.8. The number of aliphatic hydroxyl groups excluding tert-OH is 1. The van der Waals surface area contributed by atoms with Crippen LogP contribution in [0.2, 0.25) is 0 Å². The number of imidazole rings is 1. The van der Waals surface area contributed by atoms with Crippen molar-refractivity contribution in [3.63, 3.8) is 0 Å². The van der Waals surface area contributed by atoms with Gasteiger partial charge in [-0.3, -0.25) is 9.59 Å². The molecule has 3 heterocycles. The van der Waals surface area contributed by atoms with Crippen LogP contribution in [-0.2, 0) is 11.3 Å². The van der Waals surface area contributed by atoms with Crippen molar-refractivity contribution in [1.29, 1.82) is 0 Å². The highest BCUT2D eigenvalue weighted by atomic mass is 16.5. The van der Waals surface area contributed by atoms with Crippen molar-refractivity contribution in [1.82, 2.24) is 14.5 Å². The zero-order valence-corrected chi connectivity index (χ0v) is 21.3. The number of carbonyl (C=O) groups excluding carboxylic acids is 2. The predicted molar refractivity (Wildman–Crippen MR) is 140 cm³/mol. The molecule has 1 aliphatic heterocycles. The summed E-state index contributed by atoms with van der Waals surface area (Å²) in [4.78, 5) is 32.7. The predicted octanol–water partition coefficient (Wildman–Crippen LogP) is 5.10. The maximum Gasteiger partial charge on any atom is 0.290 e. The Labute approximate surface area is 219 Å². The number of benzene rings is 2. The number of aryl methyl sites for hydroxylation is 1. The fourth-order valence-corrected chi connectivity index (χ4v) is 4.74. The van der Waals surface area contributed by atoms with Crippen molar-refractivity contribution in [2.24, 2.45) is 0 Å². The van der Waals surface area contributed by atoms with Gasteiger partial charge in [-0.15, -0.1) is 0 Å². The Kier molecular flexibility index (Phi) is 7.17. The molecule has 9 heteroatoms. The standard InChI is InChI=1S/C29H29N3O6/c1-3-15-37-21-9-4-7-19(16-21)25-24(26(33)23-17-20-8-5-10-22(36-2)28(20)38-23)27(34)29(35)32(25)13-6-12-31-14-11-30-18-31/h4-5,7-11,14,16-18,25,34H,3,6,12-13,15H2,1-2H3. The Morgan fingerprint density at radius 1 is 1.16 bits per heavy atom. The van der Waals surface area contributed by atoms with Crippen molar-refractivity contribution in [3.05, 3.63) is 89.9 Å². The van der Waals surface area contributed by atoms with Gasteiger partial charge in [-0.25, -0.2) is 4.98 Å². The van der Waals surface area contributed by atoms with Crippen LogP contribution in [0.1, 0.15) is 41.9 Å². The van der Waals surface area contributed by atoms with Gasteiger partial charge in [0.15, 0.2) is 22.9 Å². The van der Waals surface area contributed by atoms with Crippen molar-refractivity contribution in [3.8, 4) is 11.5 Å². The summed E-state index contributed by atoms with van der Waals surface area (Å²) in [7, 11) is 1.52. The van der Waals surface area contributed by atoms with Gasteiger partial charge in [0, 0.05) is 30.9 Å². The average Bonchev–Trinajstić information content (AvgIpc) is 3.67. The van der Waals surface area contributed by atoms with Gasteiger partial charge >= 0.3 is 0 Å². The topological polar surface area (TPSA) is 107 Å². The van der Waals surface area contributed by atoms with Crippen LogP contribution in [0.4, 0.5) is 0 Å². The number of aromatic nitrogens is 2. The molecule has 0 saturated carbocycles. The number of ketones is 1. The number of nitrogens with zero attached hydrogens (tertiary/aromatic N) is 3. The van der Waals surface area contributed by atoms with Crippen LogP contribution < -0.4 is 9.47 Å². The van der Waals surface area contributed by atoms with Crippen molar-refractivity contribution in [2.45, 2.75) is 32.4 Å². The minimum absolute atomic E-state index is 0.0162. The molecule has 38 heavy (non-hydrogen) atoms. The third-order valence-electron chi connectivity index (χ3n) is 6.52. The minimum atomic E-state index is -0.807. The lowest BCUT2D eigenvalue weighted by atomic mass is 9.94. The molecule has 0 spiro atoms. The summed E-state index contributed by atoms with van der Waals surface area (Å²) in [5.74, 6) is -0.603. The van der Waals surface area contributed by atoms with E-state index in [1.54, 1.807) is 36.8 Å². The SMILES string of the molecule is CCCOc1cccc(C2C(C(=O)c3cc4cccc(OC)c4o3)=C(O)C(=O)N2CCCn2ccnc2)c1. The number of Topliss-reactive ketones (excluding diaryl/α,β-unsaturated/α-hetero) is 1. The molecule has 0 fully saturated rings. The monoisotopic (exact) mass is 515 g/mol. The van der Waals surface area contributed by atoms with Crippen LogP contribution in [0.3, 0.4) is 0 Å². The molecule has 1 atom stereocenters. The van der Waals surface area contributed by atoms with Crippen LogP contribution in [-0.4, -0.2) is 51.5 Å². The van der Waals surface area contributed by atoms with Gasteiger partial charge in [-0.05, 0) is 42.7 Å². The first-order valence-electron chi connectivity index (χ1n) is 12.6. The molecule has 0 saturated heterocycles. The number of ether oxygens (including phenoxy) is 2. The third kappa shape index (κ3) is 4.74. The molecule has 4 aromatic rings. The summed E-state index contributed by atoms with van der Waals surface area (Å²) in [5.41, 5.74) is 1.06. The van der Waals surface area contributed by atoms with E-state index < -0.39 is 23.5 Å². The molecule has 2 aromatic heterocycles. The van der Waals surface area contributed by atoms with E-state index in [0.717, 1.165) is 6.42 Å². The third-order valence-corrected chi connectivity index (χ3v) is 6.52. The van der Waals surface area contributed by atoms with Gasteiger partial charge in [0.1, 0.15) is 5.75 Å². The maximum atomic E-state index is 13.8. The van der Waals surface area contributed by atoms with Crippen molar-refractivity contribution < 1.29 is 28.6 Å². The molecule has 1 N–H and O–H groups in total. The Balaban J connectivity index is 1.52. The number of hydrogen-bond acceptors (Lipinski definition) is 7.